The number of nitrogens with one attached hydrogen (secondary N) is 1. The summed E-state index contributed by atoms with van der Waals surface area (Å²) in [6.45, 7) is 7.57. The second-order valence-electron chi connectivity index (χ2n) is 4.10. The lowest BCUT2D eigenvalue weighted by molar-refractivity contribution is 0.575. The van der Waals surface area contributed by atoms with Crippen LogP contribution in [0.25, 0.3) is 0 Å². The Labute approximate surface area is 105 Å². The van der Waals surface area contributed by atoms with E-state index < -0.39 is 0 Å². The molecule has 0 amide bonds. The lowest BCUT2D eigenvalue weighted by Gasteiger charge is -2.13. The average molecular weight is 251 g/mol. The van der Waals surface area contributed by atoms with Crippen LogP contribution >= 0.6 is 22.7 Å². The third-order valence-corrected chi connectivity index (χ3v) is 4.45. The predicted octanol–water partition coefficient (Wildman–Crippen LogP) is 4.28. The first kappa shape index (κ1) is 11.8. The van der Waals surface area contributed by atoms with Gasteiger partial charge in [-0.25, -0.2) is 0 Å². The van der Waals surface area contributed by atoms with Crippen LogP contribution < -0.4 is 5.32 Å². The fourth-order valence-corrected chi connectivity index (χ4v) is 3.55. The van der Waals surface area contributed by atoms with Crippen molar-refractivity contribution in [2.75, 3.05) is 0 Å². The number of aryl methyl sites for hydroxylation is 2. The summed E-state index contributed by atoms with van der Waals surface area (Å²) in [6, 6.07) is 4.91. The fraction of sp³-hybridized carbons (Fsp3) is 0.385. The van der Waals surface area contributed by atoms with Crippen molar-refractivity contribution in [1.82, 2.24) is 5.32 Å². The number of thiophene rings is 2. The van der Waals surface area contributed by atoms with Crippen LogP contribution in [0.2, 0.25) is 0 Å². The molecule has 1 unspecified atom stereocenters. The summed E-state index contributed by atoms with van der Waals surface area (Å²) in [5, 5.41) is 7.90. The highest BCUT2D eigenvalue weighted by Crippen LogP contribution is 2.26. The Kier molecular flexibility index (Phi) is 3.79. The molecule has 1 atom stereocenters. The molecule has 0 bridgehead atoms. The topological polar surface area (TPSA) is 12.0 Å². The molecule has 2 aromatic heterocycles. The van der Waals surface area contributed by atoms with Crippen molar-refractivity contribution in [3.05, 3.63) is 43.8 Å². The molecule has 0 radical (unpaired) electrons. The summed E-state index contributed by atoms with van der Waals surface area (Å²) in [5.41, 5.74) is 2.82. The van der Waals surface area contributed by atoms with E-state index in [4.69, 9.17) is 0 Å². The lowest BCUT2D eigenvalue weighted by Crippen LogP contribution is -2.17. The Balaban J connectivity index is 1.98. The van der Waals surface area contributed by atoms with Crippen LogP contribution in [0.5, 0.6) is 0 Å². The van der Waals surface area contributed by atoms with Crippen molar-refractivity contribution in [3.8, 4) is 0 Å². The Morgan fingerprint density at radius 3 is 2.75 bits per heavy atom. The zero-order valence-corrected chi connectivity index (χ0v) is 11.5. The van der Waals surface area contributed by atoms with Crippen molar-refractivity contribution in [2.24, 2.45) is 0 Å². The van der Waals surface area contributed by atoms with Crippen molar-refractivity contribution < 1.29 is 0 Å². The quantitative estimate of drug-likeness (QED) is 0.855. The molecule has 1 N–H and O–H groups in total. The van der Waals surface area contributed by atoms with Gasteiger partial charge in [0.2, 0.25) is 0 Å². The smallest absolute Gasteiger partial charge is 0.0305 e. The van der Waals surface area contributed by atoms with Crippen LogP contribution in [0.3, 0.4) is 0 Å². The SMILES string of the molecule is Cc1cc(C(C)NCc2ccsc2)c(C)s1. The summed E-state index contributed by atoms with van der Waals surface area (Å²) in [7, 11) is 0. The van der Waals surface area contributed by atoms with Gasteiger partial charge in [-0.15, -0.1) is 11.3 Å². The summed E-state index contributed by atoms with van der Waals surface area (Å²) in [4.78, 5) is 2.83. The number of hydrogen-bond acceptors (Lipinski definition) is 3. The fourth-order valence-electron chi connectivity index (χ4n) is 1.85. The van der Waals surface area contributed by atoms with Crippen molar-refractivity contribution in [2.45, 2.75) is 33.4 Å². The minimum Gasteiger partial charge on any atom is -0.306 e. The first-order chi connectivity index (χ1) is 7.66. The molecule has 0 aliphatic rings. The van der Waals surface area contributed by atoms with Gasteiger partial charge in [0, 0.05) is 22.3 Å². The van der Waals surface area contributed by atoms with Gasteiger partial charge in [0.15, 0.2) is 0 Å². The van der Waals surface area contributed by atoms with Gasteiger partial charge in [0.25, 0.3) is 0 Å². The monoisotopic (exact) mass is 251 g/mol. The maximum absolute atomic E-state index is 3.57. The Morgan fingerprint density at radius 2 is 2.19 bits per heavy atom. The highest BCUT2D eigenvalue weighted by molar-refractivity contribution is 7.12. The van der Waals surface area contributed by atoms with E-state index in [2.05, 4.69) is 49.0 Å². The van der Waals surface area contributed by atoms with Gasteiger partial charge in [-0.2, -0.15) is 11.3 Å². The number of hydrogen-bond donors (Lipinski definition) is 1. The van der Waals surface area contributed by atoms with E-state index in [1.807, 2.05) is 11.3 Å². The molecule has 2 aromatic rings. The van der Waals surface area contributed by atoms with Crippen LogP contribution in [-0.4, -0.2) is 0 Å². The third-order valence-electron chi connectivity index (χ3n) is 2.74. The second-order valence-corrected chi connectivity index (χ2v) is 6.34. The van der Waals surface area contributed by atoms with E-state index in [0.29, 0.717) is 6.04 Å². The van der Waals surface area contributed by atoms with E-state index in [1.165, 1.54) is 20.9 Å². The van der Waals surface area contributed by atoms with Gasteiger partial charge in [-0.1, -0.05) is 0 Å². The van der Waals surface area contributed by atoms with Gasteiger partial charge in [-0.05, 0) is 54.8 Å². The molecule has 0 saturated carbocycles. The Hall–Kier alpha value is -0.640. The predicted molar refractivity (Wildman–Crippen MR) is 73.4 cm³/mol. The van der Waals surface area contributed by atoms with Crippen LogP contribution in [0.15, 0.2) is 22.9 Å². The maximum Gasteiger partial charge on any atom is 0.0305 e. The number of rotatable bonds is 4. The van der Waals surface area contributed by atoms with Crippen LogP contribution in [0.1, 0.15) is 33.8 Å². The molecule has 0 saturated heterocycles. The molecule has 0 fully saturated rings. The first-order valence-electron chi connectivity index (χ1n) is 5.48. The molecule has 1 nitrogen and oxygen atoms in total. The van der Waals surface area contributed by atoms with Crippen molar-refractivity contribution in [3.63, 3.8) is 0 Å². The van der Waals surface area contributed by atoms with Crippen LogP contribution in [-0.2, 0) is 6.54 Å². The largest absolute Gasteiger partial charge is 0.306 e. The molecule has 86 valence electrons. The molecule has 0 aliphatic carbocycles. The molecule has 0 spiro atoms. The molecule has 16 heavy (non-hydrogen) atoms. The molecular formula is C13H17NS2. The van der Waals surface area contributed by atoms with Gasteiger partial charge in [0.05, 0.1) is 0 Å². The van der Waals surface area contributed by atoms with Crippen molar-refractivity contribution in [1.29, 1.82) is 0 Å². The summed E-state index contributed by atoms with van der Waals surface area (Å²) in [5.74, 6) is 0. The highest BCUT2D eigenvalue weighted by atomic mass is 32.1. The molecule has 0 aromatic carbocycles. The van der Waals surface area contributed by atoms with Crippen LogP contribution in [0, 0.1) is 13.8 Å². The van der Waals surface area contributed by atoms with E-state index in [-0.39, 0.29) is 0 Å². The standard InChI is InChI=1S/C13H17NS2/c1-9-6-13(11(3)16-9)10(2)14-7-12-4-5-15-8-12/h4-6,8,10,14H,7H2,1-3H3. The Bertz CT molecular complexity index is 442. The zero-order valence-electron chi connectivity index (χ0n) is 9.91. The average Bonchev–Trinajstić information content (AvgIpc) is 2.84. The molecule has 2 heterocycles. The third kappa shape index (κ3) is 2.73. The summed E-state index contributed by atoms with van der Waals surface area (Å²) >= 11 is 3.64. The first-order valence-corrected chi connectivity index (χ1v) is 7.24. The zero-order chi connectivity index (χ0) is 11.5. The minimum atomic E-state index is 0.435. The van der Waals surface area contributed by atoms with Gasteiger partial charge in [0.1, 0.15) is 0 Å². The van der Waals surface area contributed by atoms with Crippen molar-refractivity contribution >= 4 is 22.7 Å². The van der Waals surface area contributed by atoms with Gasteiger partial charge in [-0.3, -0.25) is 0 Å². The highest BCUT2D eigenvalue weighted by Gasteiger charge is 2.10. The molecule has 3 heteroatoms. The van der Waals surface area contributed by atoms with E-state index in [0.717, 1.165) is 6.54 Å². The van der Waals surface area contributed by atoms with E-state index in [1.54, 1.807) is 11.3 Å². The molecule has 0 aliphatic heterocycles. The summed E-state index contributed by atoms with van der Waals surface area (Å²) < 4.78 is 0. The van der Waals surface area contributed by atoms with E-state index in [9.17, 15) is 0 Å². The second kappa shape index (κ2) is 5.13. The summed E-state index contributed by atoms with van der Waals surface area (Å²) in [6.07, 6.45) is 0. The maximum atomic E-state index is 3.57. The van der Waals surface area contributed by atoms with Gasteiger partial charge < -0.3 is 5.32 Å². The van der Waals surface area contributed by atoms with Gasteiger partial charge >= 0.3 is 0 Å². The van der Waals surface area contributed by atoms with Crippen LogP contribution in [0.4, 0.5) is 0 Å². The minimum absolute atomic E-state index is 0.435. The molecule has 2 rings (SSSR count). The van der Waals surface area contributed by atoms with E-state index >= 15 is 0 Å². The Morgan fingerprint density at radius 1 is 1.38 bits per heavy atom. The molecular weight excluding hydrogens is 234 g/mol. The normalized spacial score (nSPS) is 12.9. The lowest BCUT2D eigenvalue weighted by atomic mass is 10.1.